The minimum atomic E-state index is -0.223. The van der Waals surface area contributed by atoms with Crippen molar-refractivity contribution in [2.45, 2.75) is 12.6 Å². The lowest BCUT2D eigenvalue weighted by molar-refractivity contribution is 0.288. The van der Waals surface area contributed by atoms with Crippen LogP contribution in [0.3, 0.4) is 0 Å². The summed E-state index contributed by atoms with van der Waals surface area (Å²) in [4.78, 5) is 2.12. The number of nitrogens with zero attached hydrogens (tertiary/aromatic N) is 5. The van der Waals surface area contributed by atoms with Gasteiger partial charge in [-0.3, -0.25) is 0 Å². The van der Waals surface area contributed by atoms with E-state index in [0.29, 0.717) is 13.1 Å². The summed E-state index contributed by atoms with van der Waals surface area (Å²) in [6.45, 7) is 1.33. The summed E-state index contributed by atoms with van der Waals surface area (Å²) >= 11 is 0. The third-order valence-corrected chi connectivity index (χ3v) is 5.01. The van der Waals surface area contributed by atoms with Gasteiger partial charge >= 0.3 is 0 Å². The fourth-order valence-corrected chi connectivity index (χ4v) is 3.46. The molecule has 0 saturated heterocycles. The lowest BCUT2D eigenvalue weighted by atomic mass is 10.0. The molecule has 0 saturated carbocycles. The van der Waals surface area contributed by atoms with Gasteiger partial charge in [-0.15, -0.1) is 5.10 Å². The highest BCUT2D eigenvalue weighted by Gasteiger charge is 2.15. The van der Waals surface area contributed by atoms with E-state index in [9.17, 15) is 4.39 Å². The van der Waals surface area contributed by atoms with Crippen LogP contribution in [0.1, 0.15) is 17.2 Å². The summed E-state index contributed by atoms with van der Waals surface area (Å²) in [5.41, 5.74) is 5.00. The second-order valence-corrected chi connectivity index (χ2v) is 7.23. The Labute approximate surface area is 169 Å². The predicted octanol–water partition coefficient (Wildman–Crippen LogP) is 3.32. The molecule has 1 N–H and O–H groups in total. The summed E-state index contributed by atoms with van der Waals surface area (Å²) in [7, 11) is 4.04. The number of likely N-dealkylation sites (N-methyl/N-ethyl adjacent to an activating group) is 1. The maximum absolute atomic E-state index is 13.3. The number of hydrogen-bond donors (Lipinski definition) is 1. The van der Waals surface area contributed by atoms with Crippen LogP contribution >= 0.6 is 0 Å². The predicted molar refractivity (Wildman–Crippen MR) is 111 cm³/mol. The largest absolute Gasteiger partial charge is 0.311 e. The van der Waals surface area contributed by atoms with Crippen molar-refractivity contribution in [3.63, 3.8) is 0 Å². The minimum Gasteiger partial charge on any atom is -0.311 e. The van der Waals surface area contributed by atoms with Gasteiger partial charge in [0.2, 0.25) is 0 Å². The van der Waals surface area contributed by atoms with E-state index in [-0.39, 0.29) is 11.9 Å². The molecule has 0 aliphatic heterocycles. The third-order valence-electron chi connectivity index (χ3n) is 5.01. The molecule has 6 nitrogen and oxygen atoms in total. The van der Waals surface area contributed by atoms with E-state index in [1.165, 1.54) is 12.1 Å². The smallest absolute Gasteiger partial charge is 0.183 e. The molecule has 29 heavy (non-hydrogen) atoms. The van der Waals surface area contributed by atoms with Gasteiger partial charge in [0.05, 0.1) is 0 Å². The Kier molecular flexibility index (Phi) is 5.59. The standard InChI is InChI=1S/C22H23FN6/c1-28(2)21(17-8-10-20(23)11-9-17)14-24-13-18-12-19(16-6-4-3-5-7-16)15-29-22(18)25-26-27-29/h3-12,15,21,24H,13-14H2,1-2H3/t21-/m0/s1. The van der Waals surface area contributed by atoms with Crippen LogP contribution in [0.15, 0.2) is 66.9 Å². The Hall–Kier alpha value is -3.16. The molecule has 4 rings (SSSR count). The van der Waals surface area contributed by atoms with Gasteiger partial charge < -0.3 is 10.2 Å². The molecule has 7 heteroatoms. The van der Waals surface area contributed by atoms with Crippen LogP contribution in [-0.4, -0.2) is 45.6 Å². The lowest BCUT2D eigenvalue weighted by Crippen LogP contribution is -2.31. The molecule has 148 valence electrons. The number of fused-ring (bicyclic) bond motifs is 1. The number of tetrazole rings is 1. The molecule has 0 spiro atoms. The zero-order valence-corrected chi connectivity index (χ0v) is 16.5. The number of nitrogens with one attached hydrogen (secondary N) is 1. The fraction of sp³-hybridized carbons (Fsp3) is 0.227. The molecule has 2 aromatic heterocycles. The van der Waals surface area contributed by atoms with Gasteiger partial charge in [-0.25, -0.2) is 4.39 Å². The fourth-order valence-electron chi connectivity index (χ4n) is 3.46. The molecule has 0 fully saturated rings. The van der Waals surface area contributed by atoms with Gasteiger partial charge in [0.25, 0.3) is 0 Å². The normalized spacial score (nSPS) is 12.6. The molecule has 0 aliphatic rings. The van der Waals surface area contributed by atoms with Gasteiger partial charge in [-0.05, 0) is 53.8 Å². The molecular weight excluding hydrogens is 367 g/mol. The maximum Gasteiger partial charge on any atom is 0.183 e. The van der Waals surface area contributed by atoms with Crippen molar-refractivity contribution in [3.05, 3.63) is 83.8 Å². The molecule has 0 unspecified atom stereocenters. The topological polar surface area (TPSA) is 58.4 Å². The van der Waals surface area contributed by atoms with E-state index in [4.69, 9.17) is 0 Å². The van der Waals surface area contributed by atoms with Crippen molar-refractivity contribution < 1.29 is 4.39 Å². The van der Waals surface area contributed by atoms with Gasteiger partial charge in [0, 0.05) is 36.5 Å². The Bertz CT molecular complexity index is 1080. The van der Waals surface area contributed by atoms with Gasteiger partial charge in [-0.2, -0.15) is 4.52 Å². The minimum absolute atomic E-state index is 0.125. The molecular formula is C22H23FN6. The Morgan fingerprint density at radius 3 is 2.52 bits per heavy atom. The third kappa shape index (κ3) is 4.31. The molecule has 0 radical (unpaired) electrons. The quantitative estimate of drug-likeness (QED) is 0.525. The van der Waals surface area contributed by atoms with E-state index in [2.05, 4.69) is 43.9 Å². The zero-order valence-electron chi connectivity index (χ0n) is 16.5. The van der Waals surface area contributed by atoms with Crippen molar-refractivity contribution in [2.24, 2.45) is 0 Å². The Balaban J connectivity index is 1.54. The Morgan fingerprint density at radius 1 is 1.03 bits per heavy atom. The first-order chi connectivity index (χ1) is 14.1. The number of aromatic nitrogens is 4. The Morgan fingerprint density at radius 2 is 1.79 bits per heavy atom. The molecule has 0 amide bonds. The van der Waals surface area contributed by atoms with Crippen molar-refractivity contribution in [3.8, 4) is 11.1 Å². The van der Waals surface area contributed by atoms with Gasteiger partial charge in [0.15, 0.2) is 5.65 Å². The average Bonchev–Trinajstić information content (AvgIpc) is 3.21. The summed E-state index contributed by atoms with van der Waals surface area (Å²) in [6.07, 6.45) is 1.94. The van der Waals surface area contributed by atoms with E-state index in [1.807, 2.05) is 50.6 Å². The SMILES string of the molecule is CN(C)[C@@H](CNCc1cc(-c2ccccc2)cn2nnnc12)c1ccc(F)cc1. The molecule has 1 atom stereocenters. The number of benzene rings is 2. The van der Waals surface area contributed by atoms with Crippen LogP contribution in [0, 0.1) is 5.82 Å². The monoisotopic (exact) mass is 390 g/mol. The van der Waals surface area contributed by atoms with Crippen LogP contribution in [0.5, 0.6) is 0 Å². The number of rotatable bonds is 7. The van der Waals surface area contributed by atoms with E-state index >= 15 is 0 Å². The van der Waals surface area contributed by atoms with Crippen LogP contribution in [0.25, 0.3) is 16.8 Å². The van der Waals surface area contributed by atoms with E-state index in [0.717, 1.165) is 27.9 Å². The second-order valence-electron chi connectivity index (χ2n) is 7.23. The van der Waals surface area contributed by atoms with Crippen LogP contribution in [-0.2, 0) is 6.54 Å². The van der Waals surface area contributed by atoms with Gasteiger partial charge in [-0.1, -0.05) is 42.5 Å². The van der Waals surface area contributed by atoms with Crippen molar-refractivity contribution >= 4 is 5.65 Å². The first-order valence-corrected chi connectivity index (χ1v) is 9.50. The van der Waals surface area contributed by atoms with Crippen molar-refractivity contribution in [2.75, 3.05) is 20.6 Å². The summed E-state index contributed by atoms with van der Waals surface area (Å²) in [5.74, 6) is -0.223. The summed E-state index contributed by atoms with van der Waals surface area (Å²) in [5, 5.41) is 15.6. The van der Waals surface area contributed by atoms with E-state index < -0.39 is 0 Å². The molecule has 2 heterocycles. The first-order valence-electron chi connectivity index (χ1n) is 9.50. The zero-order chi connectivity index (χ0) is 20.2. The summed E-state index contributed by atoms with van der Waals surface area (Å²) < 4.78 is 15.0. The van der Waals surface area contributed by atoms with Crippen LogP contribution < -0.4 is 5.32 Å². The molecule has 2 aromatic carbocycles. The first kappa shape index (κ1) is 19.2. The second kappa shape index (κ2) is 8.46. The summed E-state index contributed by atoms with van der Waals surface area (Å²) in [6, 6.07) is 19.1. The lowest BCUT2D eigenvalue weighted by Gasteiger charge is -2.25. The maximum atomic E-state index is 13.3. The highest BCUT2D eigenvalue weighted by molar-refractivity contribution is 5.66. The highest BCUT2D eigenvalue weighted by atomic mass is 19.1. The number of hydrogen-bond acceptors (Lipinski definition) is 5. The van der Waals surface area contributed by atoms with Crippen LogP contribution in [0.4, 0.5) is 4.39 Å². The van der Waals surface area contributed by atoms with Crippen molar-refractivity contribution in [1.82, 2.24) is 30.3 Å². The molecule has 0 aliphatic carbocycles. The van der Waals surface area contributed by atoms with Gasteiger partial charge in [0.1, 0.15) is 5.82 Å². The van der Waals surface area contributed by atoms with Crippen molar-refractivity contribution in [1.29, 1.82) is 0 Å². The van der Waals surface area contributed by atoms with Crippen LogP contribution in [0.2, 0.25) is 0 Å². The molecule has 0 bridgehead atoms. The highest BCUT2D eigenvalue weighted by Crippen LogP contribution is 2.22. The number of halogens is 1. The van der Waals surface area contributed by atoms with E-state index in [1.54, 1.807) is 4.52 Å². The molecule has 4 aromatic rings. The average molecular weight is 390 g/mol. The number of pyridine rings is 1.